The Bertz CT molecular complexity index is 471. The number of benzene rings is 2. The third-order valence-corrected chi connectivity index (χ3v) is 2.94. The van der Waals surface area contributed by atoms with Crippen LogP contribution in [0.5, 0.6) is 11.5 Å². The predicted molar refractivity (Wildman–Crippen MR) is 68.3 cm³/mol. The fraction of sp³-hybridized carbons (Fsp3) is 0.200. The van der Waals surface area contributed by atoms with Crippen LogP contribution < -0.4 is 0 Å². The maximum absolute atomic E-state index is 9.23. The molecule has 0 amide bonds. The van der Waals surface area contributed by atoms with Gasteiger partial charge in [-0.25, -0.2) is 0 Å². The van der Waals surface area contributed by atoms with Crippen LogP contribution >= 0.6 is 0 Å². The van der Waals surface area contributed by atoms with E-state index in [1.54, 1.807) is 24.3 Å². The first-order valence-electron chi connectivity index (χ1n) is 5.72. The van der Waals surface area contributed by atoms with Gasteiger partial charge in [-0.3, -0.25) is 0 Å². The summed E-state index contributed by atoms with van der Waals surface area (Å²) in [4.78, 5) is 0. The molecule has 0 heterocycles. The number of hydrogen-bond acceptors (Lipinski definition) is 2. The molecule has 0 saturated carbocycles. The van der Waals surface area contributed by atoms with Crippen molar-refractivity contribution < 1.29 is 10.2 Å². The van der Waals surface area contributed by atoms with Crippen LogP contribution in [0.3, 0.4) is 0 Å². The van der Waals surface area contributed by atoms with Crippen LogP contribution in [-0.2, 0) is 6.42 Å². The zero-order chi connectivity index (χ0) is 12.3. The molecule has 0 unspecified atom stereocenters. The summed E-state index contributed by atoms with van der Waals surface area (Å²) in [6, 6.07) is 14.6. The molecule has 0 aliphatic heterocycles. The van der Waals surface area contributed by atoms with Gasteiger partial charge in [0.1, 0.15) is 11.5 Å². The highest BCUT2D eigenvalue weighted by Crippen LogP contribution is 2.23. The van der Waals surface area contributed by atoms with Crippen molar-refractivity contribution in [3.05, 3.63) is 59.7 Å². The first-order valence-corrected chi connectivity index (χ1v) is 5.72. The molecule has 1 atom stereocenters. The fourth-order valence-corrected chi connectivity index (χ4v) is 1.91. The van der Waals surface area contributed by atoms with Gasteiger partial charge in [0.25, 0.3) is 0 Å². The second kappa shape index (κ2) is 4.91. The highest BCUT2D eigenvalue weighted by atomic mass is 16.3. The molecule has 2 aromatic rings. The van der Waals surface area contributed by atoms with Crippen molar-refractivity contribution in [3.8, 4) is 11.5 Å². The normalized spacial score (nSPS) is 12.3. The van der Waals surface area contributed by atoms with Crippen molar-refractivity contribution in [2.24, 2.45) is 0 Å². The summed E-state index contributed by atoms with van der Waals surface area (Å²) in [5, 5.41) is 18.4. The molecule has 88 valence electrons. The monoisotopic (exact) mass is 228 g/mol. The Kier molecular flexibility index (Phi) is 3.33. The number of phenolic OH excluding ortho intramolecular Hbond substituents is 2. The van der Waals surface area contributed by atoms with E-state index >= 15 is 0 Å². The summed E-state index contributed by atoms with van der Waals surface area (Å²) in [7, 11) is 0. The molecule has 2 heteroatoms. The molecule has 2 N–H and O–H groups in total. The van der Waals surface area contributed by atoms with Gasteiger partial charge in [0, 0.05) is 0 Å². The summed E-state index contributed by atoms with van der Waals surface area (Å²) in [5.41, 5.74) is 2.40. The van der Waals surface area contributed by atoms with E-state index in [1.807, 2.05) is 24.3 Å². The van der Waals surface area contributed by atoms with Gasteiger partial charge < -0.3 is 10.2 Å². The second-order valence-corrected chi connectivity index (χ2v) is 4.36. The van der Waals surface area contributed by atoms with E-state index in [2.05, 4.69) is 6.92 Å². The average Bonchev–Trinajstić information content (AvgIpc) is 2.33. The van der Waals surface area contributed by atoms with Gasteiger partial charge in [-0.2, -0.15) is 0 Å². The van der Waals surface area contributed by atoms with Gasteiger partial charge in [0.2, 0.25) is 0 Å². The van der Waals surface area contributed by atoms with Crippen LogP contribution in [0.25, 0.3) is 0 Å². The predicted octanol–water partition coefficient (Wildman–Crippen LogP) is 3.44. The zero-order valence-electron chi connectivity index (χ0n) is 9.80. The smallest absolute Gasteiger partial charge is 0.115 e. The molecule has 0 aliphatic rings. The molecular formula is C15H16O2. The molecule has 0 saturated heterocycles. The standard InChI is InChI=1S/C15H16O2/c1-11(13-4-8-15(17)9-5-13)10-12-2-6-14(16)7-3-12/h2-9,11,16-17H,10H2,1H3/t11-/m0/s1. The molecule has 2 aromatic carbocycles. The number of rotatable bonds is 3. The first kappa shape index (κ1) is 11.5. The Morgan fingerprint density at radius 1 is 0.824 bits per heavy atom. The minimum absolute atomic E-state index is 0.297. The summed E-state index contributed by atoms with van der Waals surface area (Å²) >= 11 is 0. The van der Waals surface area contributed by atoms with Crippen molar-refractivity contribution in [3.63, 3.8) is 0 Å². The lowest BCUT2D eigenvalue weighted by atomic mass is 9.94. The molecule has 0 aromatic heterocycles. The highest BCUT2D eigenvalue weighted by molar-refractivity contribution is 5.31. The Morgan fingerprint density at radius 3 is 1.82 bits per heavy atom. The molecule has 0 spiro atoms. The molecule has 0 radical (unpaired) electrons. The van der Waals surface area contributed by atoms with Crippen LogP contribution in [0.15, 0.2) is 48.5 Å². The average molecular weight is 228 g/mol. The van der Waals surface area contributed by atoms with Crippen molar-refractivity contribution in [1.82, 2.24) is 0 Å². The SMILES string of the molecule is C[C@@H](Cc1ccc(O)cc1)c1ccc(O)cc1. The lowest BCUT2D eigenvalue weighted by Gasteiger charge is -2.12. The van der Waals surface area contributed by atoms with Crippen LogP contribution in [0, 0.1) is 0 Å². The summed E-state index contributed by atoms with van der Waals surface area (Å²) in [6.07, 6.45) is 0.922. The first-order chi connectivity index (χ1) is 8.15. The molecule has 0 fully saturated rings. The van der Waals surface area contributed by atoms with Crippen molar-refractivity contribution >= 4 is 0 Å². The maximum Gasteiger partial charge on any atom is 0.115 e. The van der Waals surface area contributed by atoms with E-state index in [9.17, 15) is 10.2 Å². The summed E-state index contributed by atoms with van der Waals surface area (Å²) < 4.78 is 0. The molecule has 0 bridgehead atoms. The van der Waals surface area contributed by atoms with E-state index in [4.69, 9.17) is 0 Å². The van der Waals surface area contributed by atoms with Gasteiger partial charge in [-0.15, -0.1) is 0 Å². The van der Waals surface area contributed by atoms with Crippen molar-refractivity contribution in [1.29, 1.82) is 0 Å². The fourth-order valence-electron chi connectivity index (χ4n) is 1.91. The van der Waals surface area contributed by atoms with Crippen LogP contribution in [0.4, 0.5) is 0 Å². The number of hydrogen-bond donors (Lipinski definition) is 2. The zero-order valence-corrected chi connectivity index (χ0v) is 9.80. The van der Waals surface area contributed by atoms with Crippen molar-refractivity contribution in [2.45, 2.75) is 19.3 Å². The lowest BCUT2D eigenvalue weighted by molar-refractivity contribution is 0.474. The van der Waals surface area contributed by atoms with Gasteiger partial charge in [-0.05, 0) is 47.7 Å². The van der Waals surface area contributed by atoms with Gasteiger partial charge in [-0.1, -0.05) is 31.2 Å². The van der Waals surface area contributed by atoms with Gasteiger partial charge in [0.15, 0.2) is 0 Å². The topological polar surface area (TPSA) is 40.5 Å². The maximum atomic E-state index is 9.23. The minimum atomic E-state index is 0.297. The molecule has 2 rings (SSSR count). The Morgan fingerprint density at radius 2 is 1.29 bits per heavy atom. The van der Waals surface area contributed by atoms with Crippen LogP contribution in [0.2, 0.25) is 0 Å². The van der Waals surface area contributed by atoms with Crippen LogP contribution in [-0.4, -0.2) is 10.2 Å². The van der Waals surface area contributed by atoms with Crippen molar-refractivity contribution in [2.75, 3.05) is 0 Å². The third kappa shape index (κ3) is 3.00. The highest BCUT2D eigenvalue weighted by Gasteiger charge is 2.06. The van der Waals surface area contributed by atoms with E-state index in [1.165, 1.54) is 11.1 Å². The molecule has 0 aliphatic carbocycles. The van der Waals surface area contributed by atoms with Gasteiger partial charge in [0.05, 0.1) is 0 Å². The van der Waals surface area contributed by atoms with E-state index in [-0.39, 0.29) is 0 Å². The molecule has 17 heavy (non-hydrogen) atoms. The van der Waals surface area contributed by atoms with Crippen LogP contribution in [0.1, 0.15) is 24.0 Å². The Hall–Kier alpha value is -1.96. The summed E-state index contributed by atoms with van der Waals surface area (Å²) in [5.74, 6) is 0.983. The molecular weight excluding hydrogens is 212 g/mol. The van der Waals surface area contributed by atoms with Gasteiger partial charge >= 0.3 is 0 Å². The Labute approximate surface area is 101 Å². The molecule has 2 nitrogen and oxygen atoms in total. The lowest BCUT2D eigenvalue weighted by Crippen LogP contribution is -1.97. The van der Waals surface area contributed by atoms with E-state index < -0.39 is 0 Å². The largest absolute Gasteiger partial charge is 0.508 e. The number of aromatic hydroxyl groups is 2. The van der Waals surface area contributed by atoms with E-state index in [0.29, 0.717) is 17.4 Å². The Balaban J connectivity index is 2.08. The summed E-state index contributed by atoms with van der Waals surface area (Å²) in [6.45, 7) is 2.15. The number of phenols is 2. The van der Waals surface area contributed by atoms with E-state index in [0.717, 1.165) is 6.42 Å². The third-order valence-electron chi connectivity index (χ3n) is 2.94. The second-order valence-electron chi connectivity index (χ2n) is 4.36. The minimum Gasteiger partial charge on any atom is -0.508 e. The quantitative estimate of drug-likeness (QED) is 0.844.